The minimum atomic E-state index is -0.520. The number of carbonyl (C=O) groups is 3. The summed E-state index contributed by atoms with van der Waals surface area (Å²) < 4.78 is 10.7. The minimum absolute atomic E-state index is 0.100. The molecular weight excluding hydrogens is 458 g/mol. The van der Waals surface area contributed by atoms with Crippen molar-refractivity contribution < 1.29 is 23.9 Å². The molecule has 2 fully saturated rings. The standard InChI is InChI=1S/C25H26ClN3O5/c26-20-8-6-17(11-19(20)25(32)27-16-4-2-1-3-5-16)28-24(31)15-10-23(30)29(13-15)18-7-9-21-22(12-18)34-14-33-21/h6-9,11-12,15-16H,1-5,10,13-14H2,(H,27,32)(H,28,31). The summed E-state index contributed by atoms with van der Waals surface area (Å²) in [5.74, 6) is 0.0421. The predicted molar refractivity (Wildman–Crippen MR) is 127 cm³/mol. The van der Waals surface area contributed by atoms with Gasteiger partial charge in [-0.25, -0.2) is 0 Å². The Labute approximate surface area is 202 Å². The van der Waals surface area contributed by atoms with Gasteiger partial charge in [0.2, 0.25) is 18.6 Å². The van der Waals surface area contributed by atoms with E-state index in [9.17, 15) is 14.4 Å². The lowest BCUT2D eigenvalue weighted by Crippen LogP contribution is -2.36. The summed E-state index contributed by atoms with van der Waals surface area (Å²) in [4.78, 5) is 39.9. The monoisotopic (exact) mass is 483 g/mol. The molecular formula is C25H26ClN3O5. The Bertz CT molecular complexity index is 1130. The Hall–Kier alpha value is -3.26. The number of nitrogens with zero attached hydrogens (tertiary/aromatic N) is 1. The van der Waals surface area contributed by atoms with E-state index >= 15 is 0 Å². The summed E-state index contributed by atoms with van der Waals surface area (Å²) >= 11 is 6.27. The van der Waals surface area contributed by atoms with E-state index in [0.717, 1.165) is 25.7 Å². The van der Waals surface area contributed by atoms with Gasteiger partial charge in [-0.2, -0.15) is 0 Å². The van der Waals surface area contributed by atoms with Crippen LogP contribution in [0.15, 0.2) is 36.4 Å². The molecule has 9 heteroatoms. The quantitative estimate of drug-likeness (QED) is 0.666. The zero-order valence-corrected chi connectivity index (χ0v) is 19.4. The van der Waals surface area contributed by atoms with Crippen molar-refractivity contribution >= 4 is 40.7 Å². The Balaban J connectivity index is 1.24. The van der Waals surface area contributed by atoms with E-state index in [-0.39, 0.29) is 43.5 Å². The van der Waals surface area contributed by atoms with Gasteiger partial charge in [0.1, 0.15) is 0 Å². The fourth-order valence-corrected chi connectivity index (χ4v) is 4.92. The highest BCUT2D eigenvalue weighted by Gasteiger charge is 2.36. The second-order valence-corrected chi connectivity index (χ2v) is 9.34. The molecule has 178 valence electrons. The van der Waals surface area contributed by atoms with Crippen LogP contribution in [0.5, 0.6) is 11.5 Å². The number of benzene rings is 2. The lowest BCUT2D eigenvalue weighted by Gasteiger charge is -2.23. The second kappa shape index (κ2) is 9.54. The van der Waals surface area contributed by atoms with E-state index in [1.807, 2.05) is 0 Å². The van der Waals surface area contributed by atoms with Gasteiger partial charge in [-0.3, -0.25) is 14.4 Å². The van der Waals surface area contributed by atoms with Crippen molar-refractivity contribution in [3.8, 4) is 11.5 Å². The van der Waals surface area contributed by atoms with Gasteiger partial charge in [0.05, 0.1) is 16.5 Å². The van der Waals surface area contributed by atoms with E-state index in [4.69, 9.17) is 21.1 Å². The van der Waals surface area contributed by atoms with Gasteiger partial charge in [0, 0.05) is 36.4 Å². The average Bonchev–Trinajstić information content (AvgIpc) is 3.47. The fourth-order valence-electron chi connectivity index (χ4n) is 4.72. The molecule has 1 unspecified atom stereocenters. The largest absolute Gasteiger partial charge is 0.454 e. The van der Waals surface area contributed by atoms with Crippen molar-refractivity contribution in [1.29, 1.82) is 0 Å². The van der Waals surface area contributed by atoms with Crippen molar-refractivity contribution in [2.45, 2.75) is 44.6 Å². The lowest BCUT2D eigenvalue weighted by molar-refractivity contribution is -0.122. The molecule has 8 nitrogen and oxygen atoms in total. The highest BCUT2D eigenvalue weighted by atomic mass is 35.5. The van der Waals surface area contributed by atoms with E-state index < -0.39 is 5.92 Å². The van der Waals surface area contributed by atoms with Crippen molar-refractivity contribution in [2.75, 3.05) is 23.6 Å². The molecule has 2 N–H and O–H groups in total. The van der Waals surface area contributed by atoms with Gasteiger partial charge in [0.15, 0.2) is 11.5 Å². The van der Waals surface area contributed by atoms with E-state index in [1.165, 1.54) is 6.42 Å². The summed E-state index contributed by atoms with van der Waals surface area (Å²) in [6, 6.07) is 10.3. The van der Waals surface area contributed by atoms with Crippen LogP contribution in [0.3, 0.4) is 0 Å². The van der Waals surface area contributed by atoms with Crippen molar-refractivity contribution in [3.63, 3.8) is 0 Å². The summed E-state index contributed by atoms with van der Waals surface area (Å²) in [5.41, 5.74) is 1.46. The summed E-state index contributed by atoms with van der Waals surface area (Å²) in [6.07, 6.45) is 5.45. The number of nitrogens with one attached hydrogen (secondary N) is 2. The first-order valence-corrected chi connectivity index (χ1v) is 12.0. The second-order valence-electron chi connectivity index (χ2n) is 8.94. The molecule has 0 radical (unpaired) electrons. The molecule has 34 heavy (non-hydrogen) atoms. The molecule has 3 aliphatic rings. The third-order valence-electron chi connectivity index (χ3n) is 6.58. The molecule has 2 aromatic carbocycles. The SMILES string of the molecule is O=C(NC1CCCCC1)c1cc(NC(=O)C2CC(=O)N(c3ccc4c(c3)OCO4)C2)ccc1Cl. The number of anilines is 2. The van der Waals surface area contributed by atoms with Crippen molar-refractivity contribution in [2.24, 2.45) is 5.92 Å². The average molecular weight is 484 g/mol. The maximum absolute atomic E-state index is 12.9. The zero-order chi connectivity index (χ0) is 23.7. The molecule has 1 saturated heterocycles. The first-order valence-electron chi connectivity index (χ1n) is 11.6. The number of fused-ring (bicyclic) bond motifs is 1. The van der Waals surface area contributed by atoms with Crippen LogP contribution in [0.1, 0.15) is 48.9 Å². The van der Waals surface area contributed by atoms with Gasteiger partial charge in [0.25, 0.3) is 5.91 Å². The van der Waals surface area contributed by atoms with Crippen LogP contribution in [0.25, 0.3) is 0 Å². The first-order chi connectivity index (χ1) is 16.5. The summed E-state index contributed by atoms with van der Waals surface area (Å²) in [5, 5.41) is 6.23. The molecule has 1 atom stereocenters. The van der Waals surface area contributed by atoms with Gasteiger partial charge < -0.3 is 25.0 Å². The molecule has 2 aliphatic heterocycles. The van der Waals surface area contributed by atoms with Crippen LogP contribution in [0.2, 0.25) is 5.02 Å². The number of hydrogen-bond donors (Lipinski definition) is 2. The van der Waals surface area contributed by atoms with Gasteiger partial charge in [-0.1, -0.05) is 30.9 Å². The highest BCUT2D eigenvalue weighted by Crippen LogP contribution is 2.37. The number of rotatable bonds is 5. The normalized spacial score (nSPS) is 19.9. The molecule has 2 aromatic rings. The van der Waals surface area contributed by atoms with Crippen LogP contribution < -0.4 is 25.0 Å². The maximum atomic E-state index is 12.9. The van der Waals surface area contributed by atoms with E-state index in [1.54, 1.807) is 41.3 Å². The minimum Gasteiger partial charge on any atom is -0.454 e. The number of hydrogen-bond acceptors (Lipinski definition) is 5. The lowest BCUT2D eigenvalue weighted by atomic mass is 9.95. The predicted octanol–water partition coefficient (Wildman–Crippen LogP) is 4.12. The van der Waals surface area contributed by atoms with Gasteiger partial charge in [-0.15, -0.1) is 0 Å². The zero-order valence-electron chi connectivity index (χ0n) is 18.6. The number of halogens is 1. The smallest absolute Gasteiger partial charge is 0.253 e. The third-order valence-corrected chi connectivity index (χ3v) is 6.91. The topological polar surface area (TPSA) is 97.0 Å². The Morgan fingerprint density at radius 2 is 1.79 bits per heavy atom. The van der Waals surface area contributed by atoms with Crippen LogP contribution >= 0.6 is 11.6 Å². The Kier molecular flexibility index (Phi) is 6.32. The molecule has 1 aliphatic carbocycles. The van der Waals surface area contributed by atoms with Crippen molar-refractivity contribution in [3.05, 3.63) is 47.0 Å². The van der Waals surface area contributed by atoms with Crippen LogP contribution in [-0.2, 0) is 9.59 Å². The Morgan fingerprint density at radius 1 is 1.00 bits per heavy atom. The van der Waals surface area contributed by atoms with Crippen LogP contribution in [0, 0.1) is 5.92 Å². The van der Waals surface area contributed by atoms with Crippen LogP contribution in [-0.4, -0.2) is 37.1 Å². The number of ether oxygens (including phenoxy) is 2. The molecule has 2 heterocycles. The maximum Gasteiger partial charge on any atom is 0.253 e. The van der Waals surface area contributed by atoms with Crippen LogP contribution in [0.4, 0.5) is 11.4 Å². The fraction of sp³-hybridized carbons (Fsp3) is 0.400. The van der Waals surface area contributed by atoms with E-state index in [0.29, 0.717) is 33.5 Å². The highest BCUT2D eigenvalue weighted by molar-refractivity contribution is 6.34. The van der Waals surface area contributed by atoms with Gasteiger partial charge >= 0.3 is 0 Å². The summed E-state index contributed by atoms with van der Waals surface area (Å²) in [6.45, 7) is 0.409. The first kappa shape index (κ1) is 22.5. The number of amides is 3. The molecule has 1 saturated carbocycles. The molecule has 5 rings (SSSR count). The third kappa shape index (κ3) is 4.68. The summed E-state index contributed by atoms with van der Waals surface area (Å²) in [7, 11) is 0. The number of carbonyl (C=O) groups excluding carboxylic acids is 3. The van der Waals surface area contributed by atoms with Gasteiger partial charge in [-0.05, 0) is 43.2 Å². The molecule has 0 spiro atoms. The Morgan fingerprint density at radius 3 is 2.62 bits per heavy atom. The van der Waals surface area contributed by atoms with Crippen molar-refractivity contribution in [1.82, 2.24) is 5.32 Å². The molecule has 3 amide bonds. The van der Waals surface area contributed by atoms with E-state index in [2.05, 4.69) is 10.6 Å². The molecule has 0 aromatic heterocycles. The molecule has 0 bridgehead atoms.